The predicted octanol–water partition coefficient (Wildman–Crippen LogP) is 3.70. The van der Waals surface area contributed by atoms with Gasteiger partial charge in [-0.1, -0.05) is 43.2 Å². The molecule has 0 aliphatic rings. The Bertz CT molecular complexity index is 338. The third-order valence-electron chi connectivity index (χ3n) is 2.05. The Hall–Kier alpha value is -1.47. The van der Waals surface area contributed by atoms with Crippen LogP contribution in [0.5, 0.6) is 0 Å². The van der Waals surface area contributed by atoms with E-state index in [0.29, 0.717) is 12.5 Å². The number of nitrogens with zero attached hydrogens (tertiary/aromatic N) is 3. The lowest BCUT2D eigenvalue weighted by molar-refractivity contribution is 0.642. The Morgan fingerprint density at radius 3 is 2.50 bits per heavy atom. The molecule has 0 saturated carbocycles. The second-order valence-corrected chi connectivity index (χ2v) is 3.76. The fourth-order valence-corrected chi connectivity index (χ4v) is 1.46. The molecular weight excluding hydrogens is 174 g/mol. The summed E-state index contributed by atoms with van der Waals surface area (Å²) >= 11 is 0. The number of azide groups is 1. The number of hydrogen-bond donors (Lipinski definition) is 0. The largest absolute Gasteiger partial charge is 0.0893 e. The highest BCUT2D eigenvalue weighted by atomic mass is 15.1. The van der Waals surface area contributed by atoms with Crippen LogP contribution >= 0.6 is 0 Å². The van der Waals surface area contributed by atoms with Gasteiger partial charge in [0, 0.05) is 4.91 Å². The Balaban J connectivity index is 2.84. The van der Waals surface area contributed by atoms with Gasteiger partial charge in [0.05, 0.1) is 6.54 Å². The normalized spacial score (nSPS) is 9.93. The van der Waals surface area contributed by atoms with Crippen LogP contribution in [0.4, 0.5) is 0 Å². The van der Waals surface area contributed by atoms with Crippen molar-refractivity contribution in [3.8, 4) is 0 Å². The predicted molar refractivity (Wildman–Crippen MR) is 57.8 cm³/mol. The minimum Gasteiger partial charge on any atom is -0.0893 e. The summed E-state index contributed by atoms with van der Waals surface area (Å²) in [5, 5.41) is 3.59. The van der Waals surface area contributed by atoms with Gasteiger partial charge in [-0.15, -0.1) is 0 Å². The summed E-state index contributed by atoms with van der Waals surface area (Å²) in [5.74, 6) is 0.627. The molecule has 0 fully saturated rings. The molecule has 0 saturated heterocycles. The second-order valence-electron chi connectivity index (χ2n) is 3.76. The molecule has 0 radical (unpaired) electrons. The zero-order valence-electron chi connectivity index (χ0n) is 8.64. The molecule has 1 aromatic rings. The van der Waals surface area contributed by atoms with Crippen LogP contribution in [0.1, 0.15) is 25.0 Å². The maximum Gasteiger partial charge on any atom is 0.0513 e. The van der Waals surface area contributed by atoms with Crippen molar-refractivity contribution < 1.29 is 0 Å². The average Bonchev–Trinajstić information content (AvgIpc) is 2.16. The van der Waals surface area contributed by atoms with Gasteiger partial charge < -0.3 is 0 Å². The molecule has 0 amide bonds. The standard InChI is InChI=1S/C11H15N3/c1-9(2)7-10-5-3-4-6-11(10)8-13-14-12/h3-6,9H,7-8H2,1-2H3. The molecule has 3 heteroatoms. The van der Waals surface area contributed by atoms with Gasteiger partial charge in [-0.25, -0.2) is 0 Å². The van der Waals surface area contributed by atoms with Crippen molar-refractivity contribution in [3.05, 3.63) is 45.8 Å². The Kier molecular flexibility index (Phi) is 4.02. The quantitative estimate of drug-likeness (QED) is 0.394. The first-order chi connectivity index (χ1) is 6.74. The fourth-order valence-electron chi connectivity index (χ4n) is 1.46. The summed E-state index contributed by atoms with van der Waals surface area (Å²) in [6, 6.07) is 8.12. The van der Waals surface area contributed by atoms with E-state index in [9.17, 15) is 0 Å². The van der Waals surface area contributed by atoms with Crippen molar-refractivity contribution >= 4 is 0 Å². The lowest BCUT2D eigenvalue weighted by Gasteiger charge is -2.09. The molecule has 3 nitrogen and oxygen atoms in total. The summed E-state index contributed by atoms with van der Waals surface area (Å²) < 4.78 is 0. The van der Waals surface area contributed by atoms with Gasteiger partial charge in [0.15, 0.2) is 0 Å². The molecule has 1 aromatic carbocycles. The van der Waals surface area contributed by atoms with Crippen LogP contribution in [0.3, 0.4) is 0 Å². The molecule has 74 valence electrons. The van der Waals surface area contributed by atoms with Crippen LogP contribution in [-0.2, 0) is 13.0 Å². The van der Waals surface area contributed by atoms with E-state index in [-0.39, 0.29) is 0 Å². The van der Waals surface area contributed by atoms with E-state index in [2.05, 4.69) is 29.9 Å². The third kappa shape index (κ3) is 3.11. The van der Waals surface area contributed by atoms with Crippen molar-refractivity contribution in [1.82, 2.24) is 0 Å². The smallest absolute Gasteiger partial charge is 0.0513 e. The highest BCUT2D eigenvalue weighted by molar-refractivity contribution is 5.27. The van der Waals surface area contributed by atoms with E-state index in [1.165, 1.54) is 5.56 Å². The zero-order chi connectivity index (χ0) is 10.4. The summed E-state index contributed by atoms with van der Waals surface area (Å²) in [5.41, 5.74) is 10.7. The first kappa shape index (κ1) is 10.6. The van der Waals surface area contributed by atoms with Gasteiger partial charge in [0.1, 0.15) is 0 Å². The van der Waals surface area contributed by atoms with Gasteiger partial charge in [-0.2, -0.15) is 0 Å². The fraction of sp³-hybridized carbons (Fsp3) is 0.455. The summed E-state index contributed by atoms with van der Waals surface area (Å²) in [7, 11) is 0. The van der Waals surface area contributed by atoms with Gasteiger partial charge in [-0.05, 0) is 29.0 Å². The molecule has 0 atom stereocenters. The molecular formula is C11H15N3. The van der Waals surface area contributed by atoms with Gasteiger partial charge >= 0.3 is 0 Å². The van der Waals surface area contributed by atoms with Crippen LogP contribution in [0, 0.1) is 5.92 Å². The first-order valence-electron chi connectivity index (χ1n) is 4.81. The van der Waals surface area contributed by atoms with E-state index in [4.69, 9.17) is 5.53 Å². The summed E-state index contributed by atoms with van der Waals surface area (Å²) in [6.45, 7) is 4.83. The first-order valence-corrected chi connectivity index (χ1v) is 4.81. The van der Waals surface area contributed by atoms with E-state index in [0.717, 1.165) is 12.0 Å². The highest BCUT2D eigenvalue weighted by Crippen LogP contribution is 2.14. The molecule has 0 N–H and O–H groups in total. The Morgan fingerprint density at radius 1 is 1.29 bits per heavy atom. The average molecular weight is 189 g/mol. The lowest BCUT2D eigenvalue weighted by atomic mass is 9.98. The molecule has 0 aliphatic carbocycles. The monoisotopic (exact) mass is 189 g/mol. The van der Waals surface area contributed by atoms with Crippen molar-refractivity contribution in [2.24, 2.45) is 11.0 Å². The highest BCUT2D eigenvalue weighted by Gasteiger charge is 2.02. The van der Waals surface area contributed by atoms with Crippen LogP contribution < -0.4 is 0 Å². The van der Waals surface area contributed by atoms with Crippen LogP contribution in [0.15, 0.2) is 29.4 Å². The maximum atomic E-state index is 8.26. The molecule has 0 bridgehead atoms. The van der Waals surface area contributed by atoms with Crippen LogP contribution in [-0.4, -0.2) is 0 Å². The lowest BCUT2D eigenvalue weighted by Crippen LogP contribution is -1.98. The Labute approximate surface area is 84.4 Å². The van der Waals surface area contributed by atoms with Crippen molar-refractivity contribution in [3.63, 3.8) is 0 Å². The SMILES string of the molecule is CC(C)Cc1ccccc1CN=[N+]=[N-]. The number of benzene rings is 1. The molecule has 0 heterocycles. The number of hydrogen-bond acceptors (Lipinski definition) is 1. The summed E-state index contributed by atoms with van der Waals surface area (Å²) in [4.78, 5) is 2.78. The van der Waals surface area contributed by atoms with E-state index >= 15 is 0 Å². The second kappa shape index (κ2) is 5.30. The molecule has 14 heavy (non-hydrogen) atoms. The van der Waals surface area contributed by atoms with Gasteiger partial charge in [0.25, 0.3) is 0 Å². The topological polar surface area (TPSA) is 48.8 Å². The zero-order valence-corrected chi connectivity index (χ0v) is 8.64. The van der Waals surface area contributed by atoms with Crippen LogP contribution in [0.2, 0.25) is 0 Å². The van der Waals surface area contributed by atoms with Crippen LogP contribution in [0.25, 0.3) is 10.4 Å². The Morgan fingerprint density at radius 2 is 1.93 bits per heavy atom. The molecule has 1 rings (SSSR count). The van der Waals surface area contributed by atoms with Gasteiger partial charge in [0.2, 0.25) is 0 Å². The van der Waals surface area contributed by atoms with Gasteiger partial charge in [-0.3, -0.25) is 0 Å². The maximum absolute atomic E-state index is 8.26. The van der Waals surface area contributed by atoms with E-state index in [1.54, 1.807) is 0 Å². The molecule has 0 aliphatic heterocycles. The minimum atomic E-state index is 0.458. The van der Waals surface area contributed by atoms with Crippen molar-refractivity contribution in [2.45, 2.75) is 26.8 Å². The minimum absolute atomic E-state index is 0.458. The van der Waals surface area contributed by atoms with Crippen molar-refractivity contribution in [2.75, 3.05) is 0 Å². The van der Waals surface area contributed by atoms with E-state index < -0.39 is 0 Å². The molecule has 0 aromatic heterocycles. The molecule has 0 spiro atoms. The van der Waals surface area contributed by atoms with Crippen molar-refractivity contribution in [1.29, 1.82) is 0 Å². The number of rotatable bonds is 4. The molecule has 0 unspecified atom stereocenters. The van der Waals surface area contributed by atoms with E-state index in [1.807, 2.05) is 18.2 Å². The summed E-state index contributed by atoms with van der Waals surface area (Å²) in [6.07, 6.45) is 1.04. The third-order valence-corrected chi connectivity index (χ3v) is 2.05.